The summed E-state index contributed by atoms with van der Waals surface area (Å²) < 4.78 is 92.1. The van der Waals surface area contributed by atoms with Crippen LogP contribution in [0.4, 0.5) is 26.3 Å². The maximum Gasteiger partial charge on any atom is 0.416 e. The van der Waals surface area contributed by atoms with Crippen LogP contribution in [0.25, 0.3) is 5.57 Å². The van der Waals surface area contributed by atoms with Gasteiger partial charge in [-0.3, -0.25) is 0 Å². The summed E-state index contributed by atoms with van der Waals surface area (Å²) in [5.74, 6) is 0.731. The van der Waals surface area contributed by atoms with E-state index in [1.807, 2.05) is 24.3 Å². The van der Waals surface area contributed by atoms with Crippen molar-refractivity contribution in [3.8, 4) is 5.75 Å². The Morgan fingerprint density at radius 1 is 1.03 bits per heavy atom. The van der Waals surface area contributed by atoms with Gasteiger partial charge in [0.2, 0.25) is 0 Å². The van der Waals surface area contributed by atoms with Gasteiger partial charge in [0.25, 0.3) is 5.17 Å². The van der Waals surface area contributed by atoms with Crippen LogP contribution >= 0.6 is 12.2 Å². The van der Waals surface area contributed by atoms with Crippen molar-refractivity contribution in [1.29, 1.82) is 0 Å². The smallest absolute Gasteiger partial charge is 0.416 e. The van der Waals surface area contributed by atoms with E-state index in [2.05, 4.69) is 13.8 Å². The van der Waals surface area contributed by atoms with Crippen molar-refractivity contribution in [3.63, 3.8) is 0 Å². The molecule has 0 bridgehead atoms. The summed E-state index contributed by atoms with van der Waals surface area (Å²) in [5.41, 5.74) is 0.197. The van der Waals surface area contributed by atoms with E-state index in [0.29, 0.717) is 18.7 Å². The Morgan fingerprint density at radius 2 is 1.63 bits per heavy atom. The third-order valence-corrected chi connectivity index (χ3v) is 7.63. The number of benzene rings is 2. The number of halogens is 6. The maximum absolute atomic E-state index is 13.5. The lowest BCUT2D eigenvalue weighted by atomic mass is 9.72. The van der Waals surface area contributed by atoms with Gasteiger partial charge in [-0.1, -0.05) is 32.0 Å². The van der Waals surface area contributed by atoms with E-state index < -0.39 is 35.6 Å². The number of thiocarbonyl (C=S) groups is 1. The Morgan fingerprint density at radius 3 is 2.21 bits per heavy atom. The fourth-order valence-corrected chi connectivity index (χ4v) is 5.63. The average molecular weight is 558 g/mol. The van der Waals surface area contributed by atoms with Crippen LogP contribution in [-0.2, 0) is 17.1 Å². The van der Waals surface area contributed by atoms with Gasteiger partial charge in [-0.25, -0.2) is 0 Å². The van der Waals surface area contributed by atoms with Crippen molar-refractivity contribution in [3.05, 3.63) is 70.3 Å². The zero-order chi connectivity index (χ0) is 28.0. The number of hydrogen-bond acceptors (Lipinski definition) is 3. The second-order valence-electron chi connectivity index (χ2n) is 10.6. The summed E-state index contributed by atoms with van der Waals surface area (Å²) in [6.07, 6.45) is -8.48. The van der Waals surface area contributed by atoms with Gasteiger partial charge in [0.05, 0.1) is 24.3 Å². The summed E-state index contributed by atoms with van der Waals surface area (Å²) in [4.78, 5) is 1.75. The Balaban J connectivity index is 1.71. The molecule has 4 rings (SSSR count). The Hall–Kier alpha value is -2.75. The van der Waals surface area contributed by atoms with Crippen molar-refractivity contribution in [2.75, 3.05) is 13.7 Å². The molecule has 10 heteroatoms. The topological polar surface area (TPSA) is 21.7 Å². The van der Waals surface area contributed by atoms with Gasteiger partial charge in [-0.2, -0.15) is 26.3 Å². The molecule has 1 saturated heterocycles. The minimum atomic E-state index is -4.94. The highest BCUT2D eigenvalue weighted by Crippen LogP contribution is 2.46. The number of ether oxygens (including phenoxy) is 2. The van der Waals surface area contributed by atoms with E-state index in [9.17, 15) is 26.3 Å². The number of para-hydroxylation sites is 1. The van der Waals surface area contributed by atoms with Gasteiger partial charge in [0.15, 0.2) is 0 Å². The Bertz CT molecular complexity index is 1220. The molecule has 2 aromatic rings. The number of hydrogen-bond donors (Lipinski definition) is 0. The normalized spacial score (nSPS) is 22.1. The van der Waals surface area contributed by atoms with E-state index in [-0.39, 0.29) is 22.2 Å². The first kappa shape index (κ1) is 28.3. The molecule has 0 N–H and O–H groups in total. The minimum Gasteiger partial charge on any atom is -0.496 e. The fourth-order valence-electron chi connectivity index (χ4n) is 5.29. The summed E-state index contributed by atoms with van der Waals surface area (Å²) in [6, 6.07) is 8.63. The van der Waals surface area contributed by atoms with E-state index in [0.717, 1.165) is 41.7 Å². The molecule has 206 valence electrons. The number of rotatable bonds is 5. The predicted molar refractivity (Wildman–Crippen MR) is 137 cm³/mol. The molecule has 0 spiro atoms. The van der Waals surface area contributed by atoms with Crippen LogP contribution in [0, 0.1) is 5.41 Å². The standard InChI is InChI=1S/C28H29F6NO2S/c1-16-24(17-11-19(27(29,30)31)13-20(12-17)28(32,33)34)37-25(38)35(16)15-18-14-26(2,3)10-9-21(18)22-7-5-6-8-23(22)36-4/h5-8,11-13,16,24H,9-10,14-15H2,1-4H3. The molecule has 1 fully saturated rings. The van der Waals surface area contributed by atoms with E-state index in [1.54, 1.807) is 18.9 Å². The van der Waals surface area contributed by atoms with E-state index in [1.165, 1.54) is 0 Å². The van der Waals surface area contributed by atoms with Crippen LogP contribution in [0.1, 0.15) is 68.4 Å². The monoisotopic (exact) mass is 557 g/mol. The Labute approximate surface area is 223 Å². The van der Waals surface area contributed by atoms with Gasteiger partial charge < -0.3 is 14.4 Å². The molecular weight excluding hydrogens is 528 g/mol. The molecule has 2 aromatic carbocycles. The molecule has 38 heavy (non-hydrogen) atoms. The lowest BCUT2D eigenvalue weighted by Gasteiger charge is -2.36. The van der Waals surface area contributed by atoms with Crippen LogP contribution in [0.3, 0.4) is 0 Å². The third kappa shape index (κ3) is 5.80. The van der Waals surface area contributed by atoms with Crippen LogP contribution in [0.2, 0.25) is 0 Å². The van der Waals surface area contributed by atoms with E-state index in [4.69, 9.17) is 21.7 Å². The van der Waals surface area contributed by atoms with Crippen molar-refractivity contribution in [2.24, 2.45) is 5.41 Å². The van der Waals surface area contributed by atoms with Crippen molar-refractivity contribution >= 4 is 23.0 Å². The SMILES string of the molecule is COc1ccccc1C1=C(CN2C(=S)OC(c3cc(C(F)(F)F)cc(C(F)(F)F)c3)C2C)CC(C)(C)CC1. The molecule has 3 nitrogen and oxygen atoms in total. The van der Waals surface area contributed by atoms with Crippen molar-refractivity contribution < 1.29 is 35.8 Å². The van der Waals surface area contributed by atoms with Gasteiger partial charge in [-0.15, -0.1) is 0 Å². The second-order valence-corrected chi connectivity index (χ2v) is 11.0. The number of allylic oxidation sites excluding steroid dienone is 1. The fraction of sp³-hybridized carbons (Fsp3) is 0.464. The third-order valence-electron chi connectivity index (χ3n) is 7.29. The first-order chi connectivity index (χ1) is 17.6. The molecule has 0 radical (unpaired) electrons. The van der Waals surface area contributed by atoms with Gasteiger partial charge in [-0.05, 0) is 84.8 Å². The Kier molecular flexibility index (Phi) is 7.51. The van der Waals surface area contributed by atoms with Crippen molar-refractivity contribution in [2.45, 2.75) is 64.5 Å². The predicted octanol–water partition coefficient (Wildman–Crippen LogP) is 8.44. The van der Waals surface area contributed by atoms with Crippen molar-refractivity contribution in [1.82, 2.24) is 4.90 Å². The average Bonchev–Trinajstić information content (AvgIpc) is 3.11. The maximum atomic E-state index is 13.5. The van der Waals surface area contributed by atoms with Gasteiger partial charge >= 0.3 is 12.4 Å². The zero-order valence-corrected chi connectivity index (χ0v) is 22.3. The van der Waals surface area contributed by atoms with Gasteiger partial charge in [0.1, 0.15) is 11.9 Å². The molecule has 2 aliphatic rings. The molecule has 0 aromatic heterocycles. The molecule has 1 aliphatic heterocycles. The summed E-state index contributed by atoms with van der Waals surface area (Å²) in [7, 11) is 1.60. The molecule has 0 amide bonds. The quantitative estimate of drug-likeness (QED) is 0.272. The van der Waals surface area contributed by atoms with Crippen LogP contribution < -0.4 is 4.74 Å². The molecule has 2 atom stereocenters. The molecule has 0 saturated carbocycles. The highest BCUT2D eigenvalue weighted by atomic mass is 32.1. The summed E-state index contributed by atoms with van der Waals surface area (Å²) in [6.45, 7) is 6.38. The molecule has 1 heterocycles. The zero-order valence-electron chi connectivity index (χ0n) is 21.5. The molecule has 1 aliphatic carbocycles. The molecule has 2 unspecified atom stereocenters. The highest BCUT2D eigenvalue weighted by molar-refractivity contribution is 7.80. The molecular formula is C28H29F6NO2S. The highest BCUT2D eigenvalue weighted by Gasteiger charge is 2.43. The largest absolute Gasteiger partial charge is 0.496 e. The van der Waals surface area contributed by atoms with Gasteiger partial charge in [0, 0.05) is 12.1 Å². The number of nitrogens with zero attached hydrogens (tertiary/aromatic N) is 1. The summed E-state index contributed by atoms with van der Waals surface area (Å²) in [5, 5.41) is 0.0451. The van der Waals surface area contributed by atoms with Crippen LogP contribution in [-0.4, -0.2) is 29.8 Å². The number of methoxy groups -OCH3 is 1. The van der Waals surface area contributed by atoms with E-state index >= 15 is 0 Å². The minimum absolute atomic E-state index is 0.00827. The second kappa shape index (κ2) is 10.1. The lowest BCUT2D eigenvalue weighted by molar-refractivity contribution is -0.143. The van der Waals surface area contributed by atoms with Crippen LogP contribution in [0.15, 0.2) is 48.0 Å². The summed E-state index contributed by atoms with van der Waals surface area (Å²) >= 11 is 5.45. The van der Waals surface area contributed by atoms with Crippen LogP contribution in [0.5, 0.6) is 5.75 Å². The lowest BCUT2D eigenvalue weighted by Crippen LogP contribution is -2.35. The first-order valence-electron chi connectivity index (χ1n) is 12.2. The number of alkyl halides is 6. The first-order valence-corrected chi connectivity index (χ1v) is 12.6.